The van der Waals surface area contributed by atoms with Crippen molar-refractivity contribution >= 4 is 18.0 Å². The van der Waals surface area contributed by atoms with E-state index in [9.17, 15) is 23.5 Å². The number of aliphatic hydroxyl groups is 1. The summed E-state index contributed by atoms with van der Waals surface area (Å²) in [7, 11) is 0. The number of nitrogens with one attached hydrogen (secondary N) is 1. The highest BCUT2D eigenvalue weighted by Crippen LogP contribution is 2.46. The van der Waals surface area contributed by atoms with Gasteiger partial charge in [-0.1, -0.05) is 50.3 Å². The molecule has 1 saturated carbocycles. The molecule has 1 unspecified atom stereocenters. The van der Waals surface area contributed by atoms with Crippen molar-refractivity contribution in [3.63, 3.8) is 0 Å². The van der Waals surface area contributed by atoms with E-state index in [1.165, 1.54) is 24.4 Å². The molecule has 0 spiro atoms. The van der Waals surface area contributed by atoms with Crippen LogP contribution >= 0.6 is 0 Å². The highest BCUT2D eigenvalue weighted by molar-refractivity contribution is 6.13. The molecule has 4 N–H and O–H groups in total. The number of carbonyl (C=O) groups excluding carboxylic acids is 2. The Morgan fingerprint density at radius 1 is 1.07 bits per heavy atom. The first kappa shape index (κ1) is 30.5. The quantitative estimate of drug-likeness (QED) is 0.322. The van der Waals surface area contributed by atoms with Gasteiger partial charge in [-0.25, -0.2) is 8.78 Å². The zero-order valence-electron chi connectivity index (χ0n) is 23.8. The second-order valence-electron chi connectivity index (χ2n) is 11.3. The van der Waals surface area contributed by atoms with Crippen LogP contribution in [0.4, 0.5) is 8.78 Å². The number of aliphatic hydroxyl groups excluding tert-OH is 1. The van der Waals surface area contributed by atoms with Crippen LogP contribution in [0.15, 0.2) is 65.2 Å². The van der Waals surface area contributed by atoms with Gasteiger partial charge in [-0.15, -0.1) is 0 Å². The average molecular weight is 567 g/mol. The minimum atomic E-state index is -1.56. The third-order valence-corrected chi connectivity index (χ3v) is 8.21. The summed E-state index contributed by atoms with van der Waals surface area (Å²) >= 11 is 0. The van der Waals surface area contributed by atoms with Gasteiger partial charge in [0.25, 0.3) is 5.91 Å². The third kappa shape index (κ3) is 6.90. The van der Waals surface area contributed by atoms with Crippen LogP contribution in [-0.4, -0.2) is 60.3 Å². The zero-order chi connectivity index (χ0) is 29.6. The fraction of sp³-hybridized carbons (Fsp3) is 0.469. The van der Waals surface area contributed by atoms with Gasteiger partial charge in [-0.3, -0.25) is 14.6 Å². The number of amides is 2. The number of hydrogen-bond donors (Lipinski definition) is 3. The van der Waals surface area contributed by atoms with Crippen molar-refractivity contribution < 1.29 is 23.5 Å². The molecular weight excluding hydrogens is 526 g/mol. The molecule has 0 radical (unpaired) electrons. The Bertz CT molecular complexity index is 1270. The minimum Gasteiger partial charge on any atom is -0.391 e. The van der Waals surface area contributed by atoms with Gasteiger partial charge in [-0.2, -0.15) is 0 Å². The van der Waals surface area contributed by atoms with E-state index in [-0.39, 0.29) is 42.1 Å². The number of nitrogens with two attached hydrogens (primary N) is 1. The van der Waals surface area contributed by atoms with Crippen molar-refractivity contribution in [2.45, 2.75) is 57.6 Å². The molecule has 3 atom stereocenters. The first-order valence-electron chi connectivity index (χ1n) is 14.4. The lowest BCUT2D eigenvalue weighted by Gasteiger charge is -2.40. The normalized spacial score (nSPS) is 20.7. The Hall–Kier alpha value is -3.43. The summed E-state index contributed by atoms with van der Waals surface area (Å²) in [5, 5.41) is 15.2. The van der Waals surface area contributed by atoms with Gasteiger partial charge in [0, 0.05) is 43.4 Å². The molecule has 1 aliphatic heterocycles. The van der Waals surface area contributed by atoms with Crippen LogP contribution in [0, 0.1) is 23.0 Å². The van der Waals surface area contributed by atoms with Crippen molar-refractivity contribution in [3.8, 4) is 0 Å². The molecular formula is C32H40F2N4O3. The molecule has 0 bridgehead atoms. The third-order valence-electron chi connectivity index (χ3n) is 8.21. The van der Waals surface area contributed by atoms with E-state index in [0.29, 0.717) is 13.1 Å². The van der Waals surface area contributed by atoms with Crippen molar-refractivity contribution in [3.05, 3.63) is 82.9 Å². The average Bonchev–Trinajstić information content (AvgIpc) is 3.75. The number of primary amides is 1. The van der Waals surface area contributed by atoms with Gasteiger partial charge in [0.15, 0.2) is 0 Å². The number of halogens is 2. The van der Waals surface area contributed by atoms with Crippen LogP contribution < -0.4 is 11.1 Å². The molecule has 0 saturated heterocycles. The summed E-state index contributed by atoms with van der Waals surface area (Å²) in [6.45, 7) is 5.05. The van der Waals surface area contributed by atoms with Crippen LogP contribution in [0.25, 0.3) is 0 Å². The maximum atomic E-state index is 14.2. The number of dihydropyridines is 1. The Balaban J connectivity index is 1.70. The van der Waals surface area contributed by atoms with Crippen molar-refractivity contribution in [2.24, 2.45) is 22.1 Å². The Morgan fingerprint density at radius 2 is 1.71 bits per heavy atom. The highest BCUT2D eigenvalue weighted by atomic mass is 19.1. The lowest BCUT2D eigenvalue weighted by Crippen LogP contribution is -2.53. The summed E-state index contributed by atoms with van der Waals surface area (Å²) in [5.41, 5.74) is 5.77. The number of carbonyl (C=O) groups is 2. The number of nitrogens with zero attached hydrogens (tertiary/aromatic N) is 2. The van der Waals surface area contributed by atoms with E-state index in [2.05, 4.69) is 10.3 Å². The van der Waals surface area contributed by atoms with Gasteiger partial charge in [0.1, 0.15) is 11.6 Å². The SMILES string of the molecule is CCCN(CCC)C(=O)C1=CC(C(N)=O)([C@H](Cc2cc(F)cc(F)c2)[C@@H](O)CNC2(c3ccccc3)CC2)CN=C1. The van der Waals surface area contributed by atoms with Crippen LogP contribution in [0.3, 0.4) is 0 Å². The molecule has 220 valence electrons. The Labute approximate surface area is 240 Å². The smallest absolute Gasteiger partial charge is 0.255 e. The predicted octanol–water partition coefficient (Wildman–Crippen LogP) is 3.89. The number of rotatable bonds is 14. The summed E-state index contributed by atoms with van der Waals surface area (Å²) < 4.78 is 28.4. The zero-order valence-corrected chi connectivity index (χ0v) is 23.8. The van der Waals surface area contributed by atoms with E-state index >= 15 is 0 Å². The molecule has 2 aromatic carbocycles. The Morgan fingerprint density at radius 3 is 2.27 bits per heavy atom. The Kier molecular flexibility index (Phi) is 9.71. The number of benzene rings is 2. The summed E-state index contributed by atoms with van der Waals surface area (Å²) in [6, 6.07) is 13.1. The van der Waals surface area contributed by atoms with Crippen LogP contribution in [0.1, 0.15) is 50.7 Å². The minimum absolute atomic E-state index is 0.0556. The second-order valence-corrected chi connectivity index (χ2v) is 11.3. The predicted molar refractivity (Wildman–Crippen MR) is 155 cm³/mol. The standard InChI is InChI=1S/C32H40F2N4O3/c1-3-12-38(13-4-2)29(40)23-18-31(30(35)41,21-36-19-23)27(16-22-14-25(33)17-26(34)15-22)28(39)20-37-32(10-11-32)24-8-6-5-7-9-24/h5-9,14-15,17-19,27-28,37,39H,3-4,10-13,16,20-21H2,1-2H3,(H2,35,41)/t27-,28+,31?/m1/s1. The fourth-order valence-corrected chi connectivity index (χ4v) is 5.90. The molecule has 2 aromatic rings. The molecule has 9 heteroatoms. The molecule has 1 fully saturated rings. The van der Waals surface area contributed by atoms with Crippen molar-refractivity contribution in [1.82, 2.24) is 10.2 Å². The number of hydrogen-bond acceptors (Lipinski definition) is 5. The van der Waals surface area contributed by atoms with Crippen LogP contribution in [0.2, 0.25) is 0 Å². The molecule has 1 heterocycles. The summed E-state index contributed by atoms with van der Waals surface area (Å²) in [6.07, 6.45) is 5.06. The van der Waals surface area contributed by atoms with E-state index in [1.54, 1.807) is 4.90 Å². The van der Waals surface area contributed by atoms with E-state index in [4.69, 9.17) is 5.73 Å². The van der Waals surface area contributed by atoms with Crippen molar-refractivity contribution in [1.29, 1.82) is 0 Å². The van der Waals surface area contributed by atoms with Crippen LogP contribution in [-0.2, 0) is 21.5 Å². The first-order valence-corrected chi connectivity index (χ1v) is 14.4. The highest BCUT2D eigenvalue weighted by Gasteiger charge is 2.49. The van der Waals surface area contributed by atoms with E-state index in [0.717, 1.165) is 37.3 Å². The maximum absolute atomic E-state index is 14.2. The largest absolute Gasteiger partial charge is 0.391 e. The molecule has 1 aliphatic carbocycles. The molecule has 2 amide bonds. The molecule has 0 aromatic heterocycles. The van der Waals surface area contributed by atoms with E-state index in [1.807, 2.05) is 44.2 Å². The topological polar surface area (TPSA) is 108 Å². The summed E-state index contributed by atoms with van der Waals surface area (Å²) in [5.74, 6) is -3.48. The van der Waals surface area contributed by atoms with Crippen LogP contribution in [0.5, 0.6) is 0 Å². The van der Waals surface area contributed by atoms with Gasteiger partial charge in [-0.05, 0) is 55.4 Å². The second kappa shape index (κ2) is 13.0. The van der Waals surface area contributed by atoms with Gasteiger partial charge >= 0.3 is 0 Å². The van der Waals surface area contributed by atoms with E-state index < -0.39 is 35.0 Å². The lowest BCUT2D eigenvalue weighted by atomic mass is 9.67. The molecule has 41 heavy (non-hydrogen) atoms. The molecule has 2 aliphatic rings. The van der Waals surface area contributed by atoms with Gasteiger partial charge in [0.2, 0.25) is 5.91 Å². The maximum Gasteiger partial charge on any atom is 0.255 e. The fourth-order valence-electron chi connectivity index (χ4n) is 5.90. The molecule has 7 nitrogen and oxygen atoms in total. The van der Waals surface area contributed by atoms with Gasteiger partial charge in [0.05, 0.1) is 23.6 Å². The van der Waals surface area contributed by atoms with Gasteiger partial charge < -0.3 is 21.1 Å². The first-order chi connectivity index (χ1) is 19.6. The lowest BCUT2D eigenvalue weighted by molar-refractivity contribution is -0.130. The molecule has 4 rings (SSSR count). The number of aliphatic imine (C=N–C) groups is 1. The summed E-state index contributed by atoms with van der Waals surface area (Å²) in [4.78, 5) is 32.9. The van der Waals surface area contributed by atoms with Crippen molar-refractivity contribution in [2.75, 3.05) is 26.2 Å². The monoisotopic (exact) mass is 566 g/mol.